The van der Waals surface area contributed by atoms with Gasteiger partial charge in [-0.05, 0) is 30.4 Å². The fourth-order valence-electron chi connectivity index (χ4n) is 3.32. The Hall–Kier alpha value is -0.970. The summed E-state index contributed by atoms with van der Waals surface area (Å²) in [5.41, 5.74) is 1.37. The molecule has 0 unspecified atom stereocenters. The fourth-order valence-corrected chi connectivity index (χ4v) is 3.32. The molecule has 1 aromatic heterocycles. The Morgan fingerprint density at radius 2 is 2.05 bits per heavy atom. The van der Waals surface area contributed by atoms with Crippen LogP contribution in [0.1, 0.15) is 24.4 Å². The molecule has 2 fully saturated rings. The van der Waals surface area contributed by atoms with Gasteiger partial charge in [-0.2, -0.15) is 0 Å². The Morgan fingerprint density at radius 1 is 1.26 bits per heavy atom. The van der Waals surface area contributed by atoms with E-state index in [0.29, 0.717) is 12.0 Å². The van der Waals surface area contributed by atoms with Crippen molar-refractivity contribution in [2.45, 2.75) is 18.9 Å². The lowest BCUT2D eigenvalue weighted by molar-refractivity contribution is 0.0212. The van der Waals surface area contributed by atoms with Crippen LogP contribution in [-0.2, 0) is 4.74 Å². The van der Waals surface area contributed by atoms with E-state index < -0.39 is 0 Å². The molecule has 2 saturated heterocycles. The van der Waals surface area contributed by atoms with Crippen LogP contribution < -0.4 is 5.32 Å². The molecule has 4 heteroatoms. The summed E-state index contributed by atoms with van der Waals surface area (Å²) in [6.07, 6.45) is 6.25. The van der Waals surface area contributed by atoms with E-state index in [1.807, 2.05) is 12.4 Å². The number of pyridine rings is 1. The summed E-state index contributed by atoms with van der Waals surface area (Å²) < 4.78 is 5.53. The van der Waals surface area contributed by atoms with Crippen LogP contribution in [0.5, 0.6) is 0 Å². The molecule has 1 aromatic rings. The van der Waals surface area contributed by atoms with Crippen molar-refractivity contribution in [3.63, 3.8) is 0 Å². The fraction of sp³-hybridized carbons (Fsp3) is 0.667. The molecule has 0 aromatic carbocycles. The minimum Gasteiger partial charge on any atom is -0.381 e. The first kappa shape index (κ1) is 13.0. The molecule has 0 spiro atoms. The molecule has 0 radical (unpaired) electrons. The van der Waals surface area contributed by atoms with Crippen LogP contribution in [0.2, 0.25) is 0 Å². The topological polar surface area (TPSA) is 37.4 Å². The predicted molar refractivity (Wildman–Crippen MR) is 75.0 cm³/mol. The van der Waals surface area contributed by atoms with Crippen LogP contribution in [0, 0.1) is 5.92 Å². The Kier molecular flexibility index (Phi) is 4.43. The van der Waals surface area contributed by atoms with E-state index >= 15 is 0 Å². The largest absolute Gasteiger partial charge is 0.381 e. The van der Waals surface area contributed by atoms with Crippen molar-refractivity contribution in [2.24, 2.45) is 5.92 Å². The van der Waals surface area contributed by atoms with Gasteiger partial charge >= 0.3 is 0 Å². The van der Waals surface area contributed by atoms with Crippen molar-refractivity contribution >= 4 is 0 Å². The summed E-state index contributed by atoms with van der Waals surface area (Å²) in [4.78, 5) is 6.95. The second-order valence-electron chi connectivity index (χ2n) is 5.47. The zero-order chi connectivity index (χ0) is 12.9. The maximum atomic E-state index is 5.53. The van der Waals surface area contributed by atoms with Crippen LogP contribution in [0.4, 0.5) is 0 Å². The SMILES string of the molecule is c1cncc([C@@H](C2CCOCC2)N2CCNCC2)c1. The minimum absolute atomic E-state index is 0.514. The van der Waals surface area contributed by atoms with Gasteiger partial charge in [0, 0.05) is 57.8 Å². The molecule has 4 nitrogen and oxygen atoms in total. The number of nitrogens with one attached hydrogen (secondary N) is 1. The van der Waals surface area contributed by atoms with Gasteiger partial charge < -0.3 is 10.1 Å². The van der Waals surface area contributed by atoms with Crippen molar-refractivity contribution in [2.75, 3.05) is 39.4 Å². The molecule has 3 rings (SSSR count). The van der Waals surface area contributed by atoms with Gasteiger partial charge in [0.2, 0.25) is 0 Å². The maximum Gasteiger partial charge on any atom is 0.0469 e. The normalized spacial score (nSPS) is 24.2. The predicted octanol–water partition coefficient (Wildman–Crippen LogP) is 1.45. The number of aromatic nitrogens is 1. The molecule has 3 heterocycles. The van der Waals surface area contributed by atoms with Gasteiger partial charge in [-0.15, -0.1) is 0 Å². The maximum absolute atomic E-state index is 5.53. The molecule has 104 valence electrons. The second kappa shape index (κ2) is 6.46. The Morgan fingerprint density at radius 3 is 2.74 bits per heavy atom. The number of ether oxygens (including phenoxy) is 1. The van der Waals surface area contributed by atoms with E-state index in [-0.39, 0.29) is 0 Å². The summed E-state index contributed by atoms with van der Waals surface area (Å²) in [6, 6.07) is 4.80. The van der Waals surface area contributed by atoms with Crippen molar-refractivity contribution in [3.8, 4) is 0 Å². The lowest BCUT2D eigenvalue weighted by Crippen LogP contribution is -2.47. The molecule has 0 bridgehead atoms. The Labute approximate surface area is 115 Å². The first-order chi connectivity index (χ1) is 9.45. The lowest BCUT2D eigenvalue weighted by atomic mass is 9.86. The standard InChI is InChI=1S/C15H23N3O/c1-2-14(12-17-5-1)15(13-3-10-19-11-4-13)18-8-6-16-7-9-18/h1-2,5,12-13,15-16H,3-4,6-11H2/t15-/m1/s1. The zero-order valence-electron chi connectivity index (χ0n) is 11.4. The van der Waals surface area contributed by atoms with Crippen molar-refractivity contribution in [1.29, 1.82) is 0 Å². The van der Waals surface area contributed by atoms with Crippen LogP contribution in [0.25, 0.3) is 0 Å². The molecular weight excluding hydrogens is 238 g/mol. The van der Waals surface area contributed by atoms with Gasteiger partial charge in [-0.3, -0.25) is 9.88 Å². The number of rotatable bonds is 3. The molecule has 19 heavy (non-hydrogen) atoms. The number of hydrogen-bond acceptors (Lipinski definition) is 4. The average Bonchev–Trinajstić information content (AvgIpc) is 2.51. The summed E-state index contributed by atoms with van der Waals surface area (Å²) in [5, 5.41) is 3.44. The van der Waals surface area contributed by atoms with Crippen LogP contribution >= 0.6 is 0 Å². The Bertz CT molecular complexity index is 354. The van der Waals surface area contributed by atoms with Crippen LogP contribution in [-0.4, -0.2) is 49.3 Å². The first-order valence-corrected chi connectivity index (χ1v) is 7.37. The second-order valence-corrected chi connectivity index (χ2v) is 5.47. The van der Waals surface area contributed by atoms with Gasteiger partial charge in [0.25, 0.3) is 0 Å². The molecule has 2 aliphatic rings. The highest BCUT2D eigenvalue weighted by Crippen LogP contribution is 2.34. The lowest BCUT2D eigenvalue weighted by Gasteiger charge is -2.41. The van der Waals surface area contributed by atoms with Crippen LogP contribution in [0.3, 0.4) is 0 Å². The summed E-state index contributed by atoms with van der Waals surface area (Å²) in [6.45, 7) is 6.29. The molecule has 1 atom stereocenters. The molecule has 0 amide bonds. The third kappa shape index (κ3) is 3.14. The monoisotopic (exact) mass is 261 g/mol. The number of nitrogens with zero attached hydrogens (tertiary/aromatic N) is 2. The quantitative estimate of drug-likeness (QED) is 0.894. The van der Waals surface area contributed by atoms with E-state index in [1.54, 1.807) is 0 Å². The highest BCUT2D eigenvalue weighted by molar-refractivity contribution is 5.16. The Balaban J connectivity index is 1.81. The third-order valence-electron chi connectivity index (χ3n) is 4.28. The average molecular weight is 261 g/mol. The molecule has 0 saturated carbocycles. The third-order valence-corrected chi connectivity index (χ3v) is 4.28. The van der Waals surface area contributed by atoms with Crippen molar-refractivity contribution in [1.82, 2.24) is 15.2 Å². The summed E-state index contributed by atoms with van der Waals surface area (Å²) >= 11 is 0. The van der Waals surface area contributed by atoms with Crippen molar-refractivity contribution in [3.05, 3.63) is 30.1 Å². The van der Waals surface area contributed by atoms with Gasteiger partial charge in [-0.1, -0.05) is 6.07 Å². The van der Waals surface area contributed by atoms with Gasteiger partial charge in [-0.25, -0.2) is 0 Å². The first-order valence-electron chi connectivity index (χ1n) is 7.37. The van der Waals surface area contributed by atoms with Gasteiger partial charge in [0.15, 0.2) is 0 Å². The van der Waals surface area contributed by atoms with Crippen molar-refractivity contribution < 1.29 is 4.74 Å². The number of piperazine rings is 1. The summed E-state index contributed by atoms with van der Waals surface area (Å²) in [5.74, 6) is 0.705. The molecular formula is C15H23N3O. The van der Waals surface area contributed by atoms with Gasteiger partial charge in [0.05, 0.1) is 0 Å². The molecule has 0 aliphatic carbocycles. The highest BCUT2D eigenvalue weighted by atomic mass is 16.5. The molecule has 2 aliphatic heterocycles. The van der Waals surface area contributed by atoms with Crippen LogP contribution in [0.15, 0.2) is 24.5 Å². The van der Waals surface area contributed by atoms with E-state index in [1.165, 1.54) is 18.4 Å². The van der Waals surface area contributed by atoms with E-state index in [0.717, 1.165) is 39.4 Å². The van der Waals surface area contributed by atoms with Gasteiger partial charge in [0.1, 0.15) is 0 Å². The number of hydrogen-bond donors (Lipinski definition) is 1. The molecule has 1 N–H and O–H groups in total. The van der Waals surface area contributed by atoms with E-state index in [9.17, 15) is 0 Å². The smallest absolute Gasteiger partial charge is 0.0469 e. The highest BCUT2D eigenvalue weighted by Gasteiger charge is 2.31. The summed E-state index contributed by atoms with van der Waals surface area (Å²) in [7, 11) is 0. The zero-order valence-corrected chi connectivity index (χ0v) is 11.4. The van der Waals surface area contributed by atoms with E-state index in [4.69, 9.17) is 4.74 Å². The minimum atomic E-state index is 0.514. The van der Waals surface area contributed by atoms with E-state index in [2.05, 4.69) is 27.3 Å².